The van der Waals surface area contributed by atoms with Crippen LogP contribution < -0.4 is 10.2 Å². The van der Waals surface area contributed by atoms with E-state index in [1.54, 1.807) is 18.2 Å². The summed E-state index contributed by atoms with van der Waals surface area (Å²) < 4.78 is 5.84. The summed E-state index contributed by atoms with van der Waals surface area (Å²) in [5, 5.41) is 14.7. The molecule has 49 heavy (non-hydrogen) atoms. The molecule has 6 atom stereocenters. The van der Waals surface area contributed by atoms with E-state index in [4.69, 9.17) is 4.74 Å². The fraction of sp³-hybridized carbons (Fsp3) is 0.282. The lowest BCUT2D eigenvalue weighted by Crippen LogP contribution is -2.53. The second kappa shape index (κ2) is 11.7. The zero-order valence-electron chi connectivity index (χ0n) is 27.0. The van der Waals surface area contributed by atoms with Crippen molar-refractivity contribution in [3.05, 3.63) is 124 Å². The molecule has 2 saturated heterocycles. The Hall–Kier alpha value is -5.22. The highest BCUT2D eigenvalue weighted by Gasteiger charge is 2.71. The molecular formula is C39H35N3O6S. The lowest BCUT2D eigenvalue weighted by Gasteiger charge is -2.50. The Morgan fingerprint density at radius 1 is 0.898 bits per heavy atom. The van der Waals surface area contributed by atoms with Gasteiger partial charge in [-0.05, 0) is 67.0 Å². The monoisotopic (exact) mass is 673 g/mol. The van der Waals surface area contributed by atoms with Gasteiger partial charge in [-0.15, -0.1) is 11.3 Å². The molecule has 1 aromatic heterocycles. The van der Waals surface area contributed by atoms with Crippen LogP contribution in [0.2, 0.25) is 0 Å². The fourth-order valence-electron chi connectivity index (χ4n) is 8.84. The Morgan fingerprint density at radius 3 is 2.39 bits per heavy atom. The third-order valence-corrected chi connectivity index (χ3v) is 11.8. The van der Waals surface area contributed by atoms with Crippen LogP contribution in [0.3, 0.4) is 0 Å². The number of carbonyl (C=O) groups excluding carboxylic acids is 4. The minimum atomic E-state index is -1.50. The molecule has 10 heteroatoms. The van der Waals surface area contributed by atoms with Gasteiger partial charge in [0.15, 0.2) is 0 Å². The molecule has 8 rings (SSSR count). The number of allylic oxidation sites excluding steroid dienone is 2. The lowest BCUT2D eigenvalue weighted by molar-refractivity contribution is -0.141. The molecule has 3 aromatic carbocycles. The van der Waals surface area contributed by atoms with Gasteiger partial charge in [-0.1, -0.05) is 71.8 Å². The van der Waals surface area contributed by atoms with Gasteiger partial charge in [0, 0.05) is 16.4 Å². The predicted octanol–water partition coefficient (Wildman–Crippen LogP) is 5.96. The molecule has 0 spiro atoms. The van der Waals surface area contributed by atoms with Crippen LogP contribution in [0.5, 0.6) is 11.5 Å². The van der Waals surface area contributed by atoms with E-state index in [-0.39, 0.29) is 30.5 Å². The molecule has 0 unspecified atom stereocenters. The first-order valence-electron chi connectivity index (χ1n) is 16.5. The first-order chi connectivity index (χ1) is 23.7. The van der Waals surface area contributed by atoms with E-state index < -0.39 is 46.8 Å². The molecule has 3 heterocycles. The molecule has 248 valence electrons. The molecule has 0 bridgehead atoms. The minimum Gasteiger partial charge on any atom is -0.508 e. The van der Waals surface area contributed by atoms with Gasteiger partial charge in [0.25, 0.3) is 11.8 Å². The third-order valence-electron chi connectivity index (χ3n) is 10.9. The van der Waals surface area contributed by atoms with E-state index in [1.807, 2.05) is 85.1 Å². The van der Waals surface area contributed by atoms with Gasteiger partial charge >= 0.3 is 0 Å². The zero-order chi connectivity index (χ0) is 34.0. The number of imide groups is 2. The number of aromatic hydroxyl groups is 1. The first-order valence-corrected chi connectivity index (χ1v) is 17.3. The van der Waals surface area contributed by atoms with Crippen LogP contribution in [0.25, 0.3) is 0 Å². The summed E-state index contributed by atoms with van der Waals surface area (Å²) in [4.78, 5) is 60.5. The van der Waals surface area contributed by atoms with E-state index >= 15 is 4.79 Å². The fourth-order valence-corrected chi connectivity index (χ4v) is 9.53. The molecule has 1 saturated carbocycles. The van der Waals surface area contributed by atoms with Crippen LogP contribution >= 0.6 is 11.3 Å². The van der Waals surface area contributed by atoms with Crippen molar-refractivity contribution in [2.24, 2.45) is 23.7 Å². The number of rotatable bonds is 7. The van der Waals surface area contributed by atoms with E-state index in [0.29, 0.717) is 29.0 Å². The second-order valence-electron chi connectivity index (χ2n) is 13.3. The maximum absolute atomic E-state index is 15.3. The Morgan fingerprint density at radius 2 is 1.67 bits per heavy atom. The van der Waals surface area contributed by atoms with Crippen molar-refractivity contribution in [3.63, 3.8) is 0 Å². The van der Waals surface area contributed by atoms with Crippen LogP contribution in [-0.2, 0) is 31.1 Å². The largest absolute Gasteiger partial charge is 0.508 e. The number of likely N-dealkylation sites (tertiary alicyclic amines) is 1. The van der Waals surface area contributed by atoms with Crippen LogP contribution in [0.4, 0.5) is 5.69 Å². The first kappa shape index (κ1) is 31.1. The number of hydrogen-bond acceptors (Lipinski definition) is 8. The molecule has 0 radical (unpaired) electrons. The number of methoxy groups -OCH3 is 1. The Kier molecular flexibility index (Phi) is 7.44. The number of anilines is 1. The van der Waals surface area contributed by atoms with Gasteiger partial charge in [0.2, 0.25) is 11.8 Å². The average molecular weight is 674 g/mol. The van der Waals surface area contributed by atoms with Crippen molar-refractivity contribution in [2.75, 3.05) is 12.5 Å². The summed E-state index contributed by atoms with van der Waals surface area (Å²) in [6.45, 7) is 2.16. The molecule has 3 fully saturated rings. The number of fused-ring (bicyclic) bond motifs is 4. The number of nitrogens with zero attached hydrogens (tertiary/aromatic N) is 2. The number of nitrogens with one attached hydrogen (secondary N) is 1. The summed E-state index contributed by atoms with van der Waals surface area (Å²) in [6.07, 6.45) is 2.46. The Labute approximate surface area is 287 Å². The summed E-state index contributed by atoms with van der Waals surface area (Å²) in [5.74, 6) is -4.71. The molecule has 2 aliphatic heterocycles. The molecule has 4 amide bonds. The second-order valence-corrected chi connectivity index (χ2v) is 14.4. The summed E-state index contributed by atoms with van der Waals surface area (Å²) in [7, 11) is 1.50. The highest BCUT2D eigenvalue weighted by molar-refractivity contribution is 7.09. The van der Waals surface area contributed by atoms with E-state index in [9.17, 15) is 19.5 Å². The standard InChI is InChI=1S/C39H35N3O6S/c1-22-13-15-24(16-14-22)40-42-36(45)29-20-28-26(17-18-27-32(28)37(46)41(35(27)44)21-25-10-7-19-49-25)34(33-30(43)11-6-12-31(33)48-2)39(29,38(42)47)23-8-4-3-5-9-23/h3-17,19,27-29,32,34,40,43H,18,20-21H2,1-2H3/t27-,28+,29-,32-,34+,39+/m0/s1. The number of carbonyl (C=O) groups is 4. The number of amides is 4. The van der Waals surface area contributed by atoms with Gasteiger partial charge in [0.05, 0.1) is 42.5 Å². The van der Waals surface area contributed by atoms with E-state index in [1.165, 1.54) is 23.3 Å². The Bertz CT molecular complexity index is 2010. The highest BCUT2D eigenvalue weighted by atomic mass is 32.1. The van der Waals surface area contributed by atoms with Crippen LogP contribution in [0.15, 0.2) is 102 Å². The van der Waals surface area contributed by atoms with Gasteiger partial charge in [-0.2, -0.15) is 5.01 Å². The molecule has 4 aromatic rings. The maximum atomic E-state index is 15.3. The number of benzene rings is 3. The summed E-state index contributed by atoms with van der Waals surface area (Å²) in [6, 6.07) is 25.4. The van der Waals surface area contributed by atoms with Crippen LogP contribution in [-0.4, -0.2) is 45.8 Å². The number of thiophene rings is 1. The van der Waals surface area contributed by atoms with E-state index in [0.717, 1.165) is 21.0 Å². The molecule has 4 aliphatic rings. The maximum Gasteiger partial charge on any atom is 0.260 e. The number of hydrazine groups is 1. The van der Waals surface area contributed by atoms with Crippen molar-refractivity contribution < 1.29 is 29.0 Å². The number of phenols is 1. The predicted molar refractivity (Wildman–Crippen MR) is 183 cm³/mol. The zero-order valence-corrected chi connectivity index (χ0v) is 27.9. The van der Waals surface area contributed by atoms with Crippen molar-refractivity contribution in [2.45, 2.75) is 37.6 Å². The summed E-state index contributed by atoms with van der Waals surface area (Å²) >= 11 is 1.49. The van der Waals surface area contributed by atoms with Crippen molar-refractivity contribution >= 4 is 40.7 Å². The highest BCUT2D eigenvalue weighted by Crippen LogP contribution is 2.65. The van der Waals surface area contributed by atoms with Crippen molar-refractivity contribution in [3.8, 4) is 11.5 Å². The molecular weight excluding hydrogens is 639 g/mol. The smallest absolute Gasteiger partial charge is 0.260 e. The van der Waals surface area contributed by atoms with Gasteiger partial charge in [-0.3, -0.25) is 29.5 Å². The third kappa shape index (κ3) is 4.57. The normalized spacial score (nSPS) is 27.5. The van der Waals surface area contributed by atoms with Crippen molar-refractivity contribution in [1.82, 2.24) is 9.91 Å². The molecule has 2 N–H and O–H groups in total. The van der Waals surface area contributed by atoms with Crippen molar-refractivity contribution in [1.29, 1.82) is 0 Å². The van der Waals surface area contributed by atoms with Crippen LogP contribution in [0, 0.1) is 30.6 Å². The van der Waals surface area contributed by atoms with Gasteiger partial charge in [-0.25, -0.2) is 0 Å². The number of ether oxygens (including phenoxy) is 1. The number of phenolic OH excluding ortho intramolecular Hbond substituents is 1. The average Bonchev–Trinajstić information content (AvgIpc) is 3.78. The summed E-state index contributed by atoms with van der Waals surface area (Å²) in [5.41, 5.74) is 4.96. The number of hydrogen-bond donors (Lipinski definition) is 2. The van der Waals surface area contributed by atoms with E-state index in [2.05, 4.69) is 5.43 Å². The van der Waals surface area contributed by atoms with Gasteiger partial charge < -0.3 is 9.84 Å². The molecule has 2 aliphatic carbocycles. The molecule has 9 nitrogen and oxygen atoms in total. The van der Waals surface area contributed by atoms with Crippen LogP contribution in [0.1, 0.15) is 40.3 Å². The SMILES string of the molecule is COc1cccc(O)c1[C@H]1C2=CC[C@@H]3C(=O)N(Cc4cccs4)C(=O)[C@@H]3[C@@H]2C[C@H]2C(=O)N(Nc3ccc(C)cc3)C(=O)[C@@]12c1ccccc1. The lowest BCUT2D eigenvalue weighted by atomic mass is 9.49. The topological polar surface area (TPSA) is 116 Å². The van der Waals surface area contributed by atoms with Gasteiger partial charge in [0.1, 0.15) is 11.5 Å². The number of aryl methyl sites for hydroxylation is 1. The minimum absolute atomic E-state index is 0.0829. The quantitative estimate of drug-likeness (QED) is 0.184. The Balaban J connectivity index is 1.33.